The molecule has 0 saturated heterocycles. The second kappa shape index (κ2) is 2.95. The lowest BCUT2D eigenvalue weighted by Gasteiger charge is -2.20. The zero-order valence-corrected chi connectivity index (χ0v) is 8.00. The number of pyridine rings is 1. The van der Waals surface area contributed by atoms with Crippen LogP contribution < -0.4 is 0 Å². The highest BCUT2D eigenvalue weighted by molar-refractivity contribution is 6.01. The molecule has 2 rings (SSSR count). The van der Waals surface area contributed by atoms with E-state index >= 15 is 0 Å². The van der Waals surface area contributed by atoms with E-state index in [2.05, 4.69) is 4.98 Å². The van der Waals surface area contributed by atoms with Crippen molar-refractivity contribution in [2.75, 3.05) is 0 Å². The maximum absolute atomic E-state index is 11.8. The Morgan fingerprint density at radius 1 is 1.46 bits per heavy atom. The molecule has 1 atom stereocenters. The van der Waals surface area contributed by atoms with Crippen molar-refractivity contribution in [3.63, 3.8) is 0 Å². The molecule has 1 heterocycles. The molecule has 2 heteroatoms. The van der Waals surface area contributed by atoms with E-state index < -0.39 is 0 Å². The van der Waals surface area contributed by atoms with Crippen molar-refractivity contribution in [1.82, 2.24) is 4.98 Å². The Bertz CT molecular complexity index is 357. The molecule has 1 aliphatic rings. The summed E-state index contributed by atoms with van der Waals surface area (Å²) in [5.41, 5.74) is 3.07. The first-order chi connectivity index (χ1) is 6.20. The molecule has 0 spiro atoms. The highest BCUT2D eigenvalue weighted by Gasteiger charge is 2.25. The summed E-state index contributed by atoms with van der Waals surface area (Å²) in [6, 6.07) is 0. The summed E-state index contributed by atoms with van der Waals surface area (Å²) in [4.78, 5) is 15.9. The van der Waals surface area contributed by atoms with Gasteiger partial charge in [0, 0.05) is 23.9 Å². The molecule has 0 aliphatic heterocycles. The largest absolute Gasteiger partial charge is 0.294 e. The van der Waals surface area contributed by atoms with E-state index in [9.17, 15) is 4.79 Å². The number of carbonyl (C=O) groups is 1. The van der Waals surface area contributed by atoms with E-state index in [0.717, 1.165) is 29.5 Å². The highest BCUT2D eigenvalue weighted by atomic mass is 16.1. The van der Waals surface area contributed by atoms with Gasteiger partial charge in [0.2, 0.25) is 0 Å². The normalized spacial score (nSPS) is 21.4. The number of hydrogen-bond donors (Lipinski definition) is 0. The minimum Gasteiger partial charge on any atom is -0.294 e. The zero-order chi connectivity index (χ0) is 9.42. The van der Waals surface area contributed by atoms with Crippen molar-refractivity contribution >= 4 is 5.78 Å². The van der Waals surface area contributed by atoms with Crippen LogP contribution in [0.15, 0.2) is 12.4 Å². The zero-order valence-electron chi connectivity index (χ0n) is 8.00. The molecule has 0 amide bonds. The Hall–Kier alpha value is -1.18. The van der Waals surface area contributed by atoms with Gasteiger partial charge in [-0.25, -0.2) is 0 Å². The van der Waals surface area contributed by atoms with Crippen LogP contribution in [-0.2, 0) is 6.42 Å². The first kappa shape index (κ1) is 8.42. The number of fused-ring (bicyclic) bond motifs is 1. The molecule has 0 N–H and O–H groups in total. The highest BCUT2D eigenvalue weighted by Crippen LogP contribution is 2.26. The molecule has 0 aromatic carbocycles. The summed E-state index contributed by atoms with van der Waals surface area (Å²) >= 11 is 0. The fourth-order valence-electron chi connectivity index (χ4n) is 1.91. The van der Waals surface area contributed by atoms with Crippen molar-refractivity contribution in [2.24, 2.45) is 5.92 Å². The Kier molecular flexibility index (Phi) is 1.91. The summed E-state index contributed by atoms with van der Waals surface area (Å²) in [6.07, 6.45) is 5.56. The second-order valence-electron chi connectivity index (χ2n) is 3.79. The number of nitrogens with zero attached hydrogens (tertiary/aromatic N) is 1. The molecule has 2 nitrogen and oxygen atoms in total. The van der Waals surface area contributed by atoms with Gasteiger partial charge in [-0.3, -0.25) is 9.78 Å². The van der Waals surface area contributed by atoms with Crippen molar-refractivity contribution < 1.29 is 4.79 Å². The SMILES string of the molecule is Cc1cncc2c1C(=O)C(C)CC2. The van der Waals surface area contributed by atoms with E-state index in [1.807, 2.05) is 20.0 Å². The first-order valence-electron chi connectivity index (χ1n) is 4.68. The van der Waals surface area contributed by atoms with Crippen LogP contribution in [0.3, 0.4) is 0 Å². The summed E-state index contributed by atoms with van der Waals surface area (Å²) < 4.78 is 0. The number of aryl methyl sites for hydroxylation is 2. The van der Waals surface area contributed by atoms with Crippen LogP contribution in [0.5, 0.6) is 0 Å². The van der Waals surface area contributed by atoms with Gasteiger partial charge >= 0.3 is 0 Å². The fourth-order valence-corrected chi connectivity index (χ4v) is 1.91. The third-order valence-electron chi connectivity index (χ3n) is 2.75. The fraction of sp³-hybridized carbons (Fsp3) is 0.455. The monoisotopic (exact) mass is 175 g/mol. The van der Waals surface area contributed by atoms with Crippen LogP contribution in [-0.4, -0.2) is 10.8 Å². The van der Waals surface area contributed by atoms with E-state index in [-0.39, 0.29) is 5.92 Å². The standard InChI is InChI=1S/C11H13NO/c1-7-3-4-9-6-12-5-8(2)10(9)11(7)13/h5-7H,3-4H2,1-2H3. The van der Waals surface area contributed by atoms with Gasteiger partial charge in [0.15, 0.2) is 5.78 Å². The van der Waals surface area contributed by atoms with Crippen molar-refractivity contribution in [2.45, 2.75) is 26.7 Å². The molecule has 1 aromatic rings. The second-order valence-corrected chi connectivity index (χ2v) is 3.79. The first-order valence-corrected chi connectivity index (χ1v) is 4.68. The van der Waals surface area contributed by atoms with Crippen LogP contribution in [0.1, 0.15) is 34.8 Å². The van der Waals surface area contributed by atoms with Gasteiger partial charge in [-0.1, -0.05) is 6.92 Å². The number of ketones is 1. The van der Waals surface area contributed by atoms with Gasteiger partial charge in [0.05, 0.1) is 0 Å². The minimum atomic E-state index is 0.189. The average Bonchev–Trinajstić information content (AvgIpc) is 2.12. The summed E-state index contributed by atoms with van der Waals surface area (Å²) in [5.74, 6) is 0.481. The third kappa shape index (κ3) is 1.26. The Balaban J connectivity index is 2.57. The summed E-state index contributed by atoms with van der Waals surface area (Å²) in [7, 11) is 0. The predicted molar refractivity (Wildman–Crippen MR) is 50.8 cm³/mol. The maximum atomic E-state index is 11.8. The Labute approximate surface area is 78.0 Å². The van der Waals surface area contributed by atoms with Crippen LogP contribution in [0, 0.1) is 12.8 Å². The number of rotatable bonds is 0. The van der Waals surface area contributed by atoms with Crippen molar-refractivity contribution in [1.29, 1.82) is 0 Å². The smallest absolute Gasteiger partial charge is 0.166 e. The lowest BCUT2D eigenvalue weighted by molar-refractivity contribution is 0.0912. The number of aromatic nitrogens is 1. The summed E-state index contributed by atoms with van der Waals surface area (Å²) in [6.45, 7) is 3.97. The Morgan fingerprint density at radius 3 is 3.00 bits per heavy atom. The molecular formula is C11H13NO. The molecular weight excluding hydrogens is 162 g/mol. The number of Topliss-reactive ketones (excluding diaryl/α,β-unsaturated/α-hetero) is 1. The maximum Gasteiger partial charge on any atom is 0.166 e. The molecule has 0 saturated carbocycles. The number of carbonyl (C=O) groups excluding carboxylic acids is 1. The topological polar surface area (TPSA) is 30.0 Å². The van der Waals surface area contributed by atoms with Gasteiger partial charge in [-0.2, -0.15) is 0 Å². The van der Waals surface area contributed by atoms with E-state index in [1.54, 1.807) is 6.20 Å². The molecule has 0 radical (unpaired) electrons. The van der Waals surface area contributed by atoms with Gasteiger partial charge in [0.25, 0.3) is 0 Å². The van der Waals surface area contributed by atoms with E-state index in [0.29, 0.717) is 5.78 Å². The van der Waals surface area contributed by atoms with Gasteiger partial charge in [-0.05, 0) is 30.9 Å². The lowest BCUT2D eigenvalue weighted by atomic mass is 9.83. The van der Waals surface area contributed by atoms with Gasteiger partial charge in [0.1, 0.15) is 0 Å². The molecule has 0 fully saturated rings. The third-order valence-corrected chi connectivity index (χ3v) is 2.75. The van der Waals surface area contributed by atoms with E-state index in [1.165, 1.54) is 0 Å². The van der Waals surface area contributed by atoms with Crippen LogP contribution in [0.25, 0.3) is 0 Å². The van der Waals surface area contributed by atoms with Gasteiger partial charge in [-0.15, -0.1) is 0 Å². The molecule has 13 heavy (non-hydrogen) atoms. The minimum absolute atomic E-state index is 0.189. The average molecular weight is 175 g/mol. The Morgan fingerprint density at radius 2 is 2.23 bits per heavy atom. The molecule has 1 aromatic heterocycles. The quantitative estimate of drug-likeness (QED) is 0.604. The van der Waals surface area contributed by atoms with Crippen LogP contribution >= 0.6 is 0 Å². The van der Waals surface area contributed by atoms with E-state index in [4.69, 9.17) is 0 Å². The molecule has 0 bridgehead atoms. The summed E-state index contributed by atoms with van der Waals surface area (Å²) in [5, 5.41) is 0. The number of hydrogen-bond acceptors (Lipinski definition) is 2. The molecule has 1 aliphatic carbocycles. The van der Waals surface area contributed by atoms with Crippen molar-refractivity contribution in [3.05, 3.63) is 29.1 Å². The molecule has 68 valence electrons. The van der Waals surface area contributed by atoms with Gasteiger partial charge < -0.3 is 0 Å². The van der Waals surface area contributed by atoms with Crippen LogP contribution in [0.2, 0.25) is 0 Å². The van der Waals surface area contributed by atoms with Crippen LogP contribution in [0.4, 0.5) is 0 Å². The lowest BCUT2D eigenvalue weighted by Crippen LogP contribution is -2.21. The molecule has 1 unspecified atom stereocenters. The van der Waals surface area contributed by atoms with Crippen molar-refractivity contribution in [3.8, 4) is 0 Å². The predicted octanol–water partition coefficient (Wildman–Crippen LogP) is 2.16.